The zero-order chi connectivity index (χ0) is 22.9. The number of hydrogen-bond acceptors (Lipinski definition) is 8. The zero-order valence-corrected chi connectivity index (χ0v) is 18.7. The van der Waals surface area contributed by atoms with Crippen molar-refractivity contribution in [2.75, 3.05) is 28.8 Å². The minimum atomic E-state index is -0.166. The van der Waals surface area contributed by atoms with E-state index in [0.717, 1.165) is 17.1 Å². The number of benzene rings is 3. The lowest BCUT2D eigenvalue weighted by Crippen LogP contribution is -2.14. The molecule has 1 amide bonds. The maximum Gasteiger partial charge on any atom is 0.234 e. The van der Waals surface area contributed by atoms with Crippen LogP contribution in [0.1, 0.15) is 0 Å². The highest BCUT2D eigenvalue weighted by Crippen LogP contribution is 2.22. The molecule has 0 saturated carbocycles. The van der Waals surface area contributed by atoms with Gasteiger partial charge in [0.15, 0.2) is 5.16 Å². The van der Waals surface area contributed by atoms with Crippen molar-refractivity contribution in [1.82, 2.24) is 15.0 Å². The molecule has 0 fully saturated rings. The lowest BCUT2D eigenvalue weighted by atomic mass is 10.3. The van der Waals surface area contributed by atoms with Crippen LogP contribution < -0.4 is 20.7 Å². The van der Waals surface area contributed by atoms with Gasteiger partial charge in [0.1, 0.15) is 5.75 Å². The molecule has 0 aliphatic carbocycles. The molecule has 0 aliphatic heterocycles. The summed E-state index contributed by atoms with van der Waals surface area (Å²) in [6.45, 7) is 0. The van der Waals surface area contributed by atoms with Crippen molar-refractivity contribution in [3.8, 4) is 5.75 Å². The van der Waals surface area contributed by atoms with Crippen molar-refractivity contribution in [2.45, 2.75) is 5.16 Å². The van der Waals surface area contributed by atoms with Crippen molar-refractivity contribution < 1.29 is 9.53 Å². The van der Waals surface area contributed by atoms with Crippen molar-refractivity contribution >= 4 is 46.6 Å². The summed E-state index contributed by atoms with van der Waals surface area (Å²) in [5.74, 6) is 1.47. The SMILES string of the molecule is COc1ccc(NC(=O)CSc2nc(Nc3ccccc3)nc(Nc3ccccc3)n2)cc1. The third-order valence-electron chi connectivity index (χ3n) is 4.38. The molecule has 0 aliphatic rings. The smallest absolute Gasteiger partial charge is 0.234 e. The van der Waals surface area contributed by atoms with Crippen LogP contribution in [-0.4, -0.2) is 33.7 Å². The van der Waals surface area contributed by atoms with Gasteiger partial charge in [0.05, 0.1) is 12.9 Å². The maximum absolute atomic E-state index is 12.4. The molecule has 0 radical (unpaired) electrons. The molecule has 9 heteroatoms. The van der Waals surface area contributed by atoms with E-state index in [0.29, 0.717) is 22.7 Å². The fraction of sp³-hybridized carbons (Fsp3) is 0.0833. The van der Waals surface area contributed by atoms with Crippen LogP contribution in [0.2, 0.25) is 0 Å². The first-order valence-electron chi connectivity index (χ1n) is 10.1. The average Bonchev–Trinajstić information content (AvgIpc) is 2.84. The minimum absolute atomic E-state index is 0.144. The predicted molar refractivity (Wildman–Crippen MR) is 132 cm³/mol. The van der Waals surface area contributed by atoms with Crippen molar-refractivity contribution in [1.29, 1.82) is 0 Å². The molecule has 1 heterocycles. The second kappa shape index (κ2) is 11.0. The number of nitrogens with zero attached hydrogens (tertiary/aromatic N) is 3. The van der Waals surface area contributed by atoms with Crippen LogP contribution in [0.25, 0.3) is 0 Å². The number of hydrogen-bond donors (Lipinski definition) is 3. The summed E-state index contributed by atoms with van der Waals surface area (Å²) >= 11 is 1.23. The van der Waals surface area contributed by atoms with E-state index in [1.807, 2.05) is 60.7 Å². The number of nitrogens with one attached hydrogen (secondary N) is 3. The van der Waals surface area contributed by atoms with Crippen LogP contribution in [-0.2, 0) is 4.79 Å². The first-order valence-corrected chi connectivity index (χ1v) is 11.1. The number of aromatic nitrogens is 3. The van der Waals surface area contributed by atoms with Crippen LogP contribution in [0, 0.1) is 0 Å². The third-order valence-corrected chi connectivity index (χ3v) is 5.23. The topological polar surface area (TPSA) is 101 Å². The predicted octanol–water partition coefficient (Wildman–Crippen LogP) is 5.10. The molecule has 33 heavy (non-hydrogen) atoms. The summed E-state index contributed by atoms with van der Waals surface area (Å²) < 4.78 is 5.14. The third kappa shape index (κ3) is 6.68. The van der Waals surface area contributed by atoms with Gasteiger partial charge in [0.25, 0.3) is 0 Å². The second-order valence-corrected chi connectivity index (χ2v) is 7.76. The summed E-state index contributed by atoms with van der Waals surface area (Å²) in [5, 5.41) is 9.64. The molecule has 4 rings (SSSR count). The Morgan fingerprint density at radius 2 is 1.30 bits per heavy atom. The molecule has 0 bridgehead atoms. The van der Waals surface area contributed by atoms with E-state index in [1.165, 1.54) is 11.8 Å². The molecule has 8 nitrogen and oxygen atoms in total. The largest absolute Gasteiger partial charge is 0.497 e. The number of ether oxygens (including phenoxy) is 1. The van der Waals surface area contributed by atoms with E-state index in [4.69, 9.17) is 4.74 Å². The van der Waals surface area contributed by atoms with Crippen molar-refractivity contribution in [3.05, 3.63) is 84.9 Å². The number of methoxy groups -OCH3 is 1. The van der Waals surface area contributed by atoms with Gasteiger partial charge in [-0.05, 0) is 48.5 Å². The van der Waals surface area contributed by atoms with E-state index in [9.17, 15) is 4.79 Å². The lowest BCUT2D eigenvalue weighted by molar-refractivity contribution is -0.113. The fourth-order valence-electron chi connectivity index (χ4n) is 2.84. The molecule has 0 spiro atoms. The molecule has 1 aromatic heterocycles. The van der Waals surface area contributed by atoms with Gasteiger partial charge < -0.3 is 20.7 Å². The van der Waals surface area contributed by atoms with Crippen LogP contribution in [0.4, 0.5) is 29.0 Å². The molecule has 0 atom stereocenters. The Kier molecular flexibility index (Phi) is 7.34. The van der Waals surface area contributed by atoms with Crippen molar-refractivity contribution in [3.63, 3.8) is 0 Å². The molecule has 0 unspecified atom stereocenters. The normalized spacial score (nSPS) is 10.3. The lowest BCUT2D eigenvalue weighted by Gasteiger charge is -2.10. The Bertz CT molecular complexity index is 1130. The monoisotopic (exact) mass is 458 g/mol. The minimum Gasteiger partial charge on any atom is -0.497 e. The first kappa shape index (κ1) is 22.1. The van der Waals surface area contributed by atoms with Crippen LogP contribution in [0.5, 0.6) is 5.75 Å². The van der Waals surface area contributed by atoms with Gasteiger partial charge in [0, 0.05) is 17.1 Å². The summed E-state index contributed by atoms with van der Waals surface area (Å²) in [7, 11) is 1.60. The van der Waals surface area contributed by atoms with Gasteiger partial charge in [-0.3, -0.25) is 4.79 Å². The number of rotatable bonds is 9. The first-order chi connectivity index (χ1) is 16.2. The van der Waals surface area contributed by atoms with Gasteiger partial charge >= 0.3 is 0 Å². The van der Waals surface area contributed by atoms with Crippen molar-refractivity contribution in [2.24, 2.45) is 0 Å². The fourth-order valence-corrected chi connectivity index (χ4v) is 3.47. The van der Waals surface area contributed by atoms with Crippen LogP contribution >= 0.6 is 11.8 Å². The van der Waals surface area contributed by atoms with Gasteiger partial charge in [-0.1, -0.05) is 48.2 Å². The highest BCUT2D eigenvalue weighted by molar-refractivity contribution is 7.99. The van der Waals surface area contributed by atoms with E-state index >= 15 is 0 Å². The van der Waals surface area contributed by atoms with Crippen LogP contribution in [0.15, 0.2) is 90.1 Å². The van der Waals surface area contributed by atoms with E-state index < -0.39 is 0 Å². The molecule has 4 aromatic rings. The number of thioether (sulfide) groups is 1. The quantitative estimate of drug-likeness (QED) is 0.298. The molecule has 3 N–H and O–H groups in total. The van der Waals surface area contributed by atoms with Gasteiger partial charge in [-0.2, -0.15) is 15.0 Å². The average molecular weight is 459 g/mol. The van der Waals surface area contributed by atoms with Gasteiger partial charge in [0.2, 0.25) is 17.8 Å². The number of carbonyl (C=O) groups is 1. The molecule has 166 valence electrons. The van der Waals surface area contributed by atoms with Gasteiger partial charge in [-0.15, -0.1) is 0 Å². The summed E-state index contributed by atoms with van der Waals surface area (Å²) in [4.78, 5) is 25.8. The highest BCUT2D eigenvalue weighted by atomic mass is 32.2. The zero-order valence-electron chi connectivity index (χ0n) is 17.9. The summed E-state index contributed by atoms with van der Waals surface area (Å²) in [6.07, 6.45) is 0. The Hall–Kier alpha value is -4.11. The number of amides is 1. The summed E-state index contributed by atoms with van der Waals surface area (Å²) in [6, 6.07) is 26.4. The maximum atomic E-state index is 12.4. The molecule has 0 saturated heterocycles. The number of carbonyl (C=O) groups excluding carboxylic acids is 1. The van der Waals surface area contributed by atoms with Gasteiger partial charge in [-0.25, -0.2) is 0 Å². The Morgan fingerprint density at radius 1 is 0.758 bits per heavy atom. The molecular weight excluding hydrogens is 436 g/mol. The Balaban J connectivity index is 1.47. The standard InChI is InChI=1S/C24H22N6O2S/c1-32-20-14-12-19(13-15-20)25-21(31)16-33-24-29-22(26-17-8-4-2-5-9-17)28-23(30-24)27-18-10-6-3-7-11-18/h2-15H,16H2,1H3,(H,25,31)(H2,26,27,28,29,30). The summed E-state index contributed by atoms with van der Waals surface area (Å²) in [5.41, 5.74) is 2.39. The van der Waals surface area contributed by atoms with E-state index in [1.54, 1.807) is 31.4 Å². The van der Waals surface area contributed by atoms with E-state index in [2.05, 4.69) is 30.9 Å². The van der Waals surface area contributed by atoms with Crippen LogP contribution in [0.3, 0.4) is 0 Å². The van der Waals surface area contributed by atoms with E-state index in [-0.39, 0.29) is 11.7 Å². The molecular formula is C24H22N6O2S. The number of para-hydroxylation sites is 2. The Morgan fingerprint density at radius 3 is 1.82 bits per heavy atom. The molecule has 3 aromatic carbocycles. The second-order valence-electron chi connectivity index (χ2n) is 6.81. The highest BCUT2D eigenvalue weighted by Gasteiger charge is 2.11. The number of anilines is 5. The Labute approximate surface area is 195 Å².